The van der Waals surface area contributed by atoms with Gasteiger partial charge in [-0.1, -0.05) is 78.0 Å². The zero-order valence-electron chi connectivity index (χ0n) is 16.6. The van der Waals surface area contributed by atoms with Gasteiger partial charge in [0.15, 0.2) is 11.0 Å². The van der Waals surface area contributed by atoms with Crippen LogP contribution in [-0.2, 0) is 5.75 Å². The molecule has 0 saturated carbocycles. The normalized spacial score (nSPS) is 11.1. The highest BCUT2D eigenvalue weighted by Crippen LogP contribution is 2.31. The Labute approximate surface area is 179 Å². The number of hydrogen-bond acceptors (Lipinski definition) is 4. The first-order valence-corrected chi connectivity index (χ1v) is 10.8. The van der Waals surface area contributed by atoms with Gasteiger partial charge in [-0.05, 0) is 47.5 Å². The van der Waals surface area contributed by atoms with Crippen molar-refractivity contribution in [3.8, 4) is 17.2 Å². The highest BCUT2D eigenvalue weighted by Gasteiger charge is 2.17. The van der Waals surface area contributed by atoms with Gasteiger partial charge < -0.3 is 0 Å². The van der Waals surface area contributed by atoms with Crippen molar-refractivity contribution in [3.05, 3.63) is 102 Å². The molecule has 146 valence electrons. The topological polar surface area (TPSA) is 43.6 Å². The van der Waals surface area contributed by atoms with Gasteiger partial charge in [0, 0.05) is 17.6 Å². The number of fused-ring (bicyclic) bond motifs is 1. The van der Waals surface area contributed by atoms with E-state index in [-0.39, 0.29) is 0 Å². The minimum absolute atomic E-state index is 0.750. The summed E-state index contributed by atoms with van der Waals surface area (Å²) >= 11 is 1.69. The van der Waals surface area contributed by atoms with E-state index < -0.39 is 0 Å². The van der Waals surface area contributed by atoms with Gasteiger partial charge in [-0.15, -0.1) is 10.2 Å². The molecule has 2 aromatic heterocycles. The molecule has 0 fully saturated rings. The number of thioether (sulfide) groups is 1. The van der Waals surface area contributed by atoms with Crippen molar-refractivity contribution in [1.82, 2.24) is 19.7 Å². The Kier molecular flexibility index (Phi) is 5.03. The molecule has 0 spiro atoms. The summed E-state index contributed by atoms with van der Waals surface area (Å²) < 4.78 is 2.09. The summed E-state index contributed by atoms with van der Waals surface area (Å²) in [6.45, 7) is 2.09. The maximum Gasteiger partial charge on any atom is 0.196 e. The van der Waals surface area contributed by atoms with E-state index >= 15 is 0 Å². The van der Waals surface area contributed by atoms with E-state index in [2.05, 4.69) is 93.4 Å². The van der Waals surface area contributed by atoms with Crippen LogP contribution >= 0.6 is 11.8 Å². The third-order valence-corrected chi connectivity index (χ3v) is 6.03. The van der Waals surface area contributed by atoms with Crippen LogP contribution in [0.15, 0.2) is 96.3 Å². The molecule has 0 N–H and O–H groups in total. The molecule has 4 nitrogen and oxygen atoms in total. The lowest BCUT2D eigenvalue weighted by molar-refractivity contribution is 0.884. The molecule has 0 amide bonds. The predicted molar refractivity (Wildman–Crippen MR) is 123 cm³/mol. The van der Waals surface area contributed by atoms with Crippen molar-refractivity contribution in [3.63, 3.8) is 0 Å². The number of nitrogens with zero attached hydrogens (tertiary/aromatic N) is 4. The summed E-state index contributed by atoms with van der Waals surface area (Å²) in [6.07, 6.45) is 1.78. The predicted octanol–water partition coefficient (Wildman–Crippen LogP) is 6.08. The lowest BCUT2D eigenvalue weighted by Crippen LogP contribution is -2.01. The van der Waals surface area contributed by atoms with E-state index in [0.29, 0.717) is 0 Å². The second kappa shape index (κ2) is 8.13. The van der Waals surface area contributed by atoms with Crippen LogP contribution in [0.4, 0.5) is 0 Å². The molecule has 0 bridgehead atoms. The second-order valence-corrected chi connectivity index (χ2v) is 8.06. The van der Waals surface area contributed by atoms with Crippen molar-refractivity contribution < 1.29 is 0 Å². The van der Waals surface area contributed by atoms with Crippen molar-refractivity contribution in [2.24, 2.45) is 0 Å². The maximum absolute atomic E-state index is 4.52. The molecule has 30 heavy (non-hydrogen) atoms. The van der Waals surface area contributed by atoms with Gasteiger partial charge in [-0.3, -0.25) is 9.55 Å². The van der Waals surface area contributed by atoms with E-state index in [9.17, 15) is 0 Å². The van der Waals surface area contributed by atoms with E-state index in [0.717, 1.165) is 28.1 Å². The smallest absolute Gasteiger partial charge is 0.196 e. The van der Waals surface area contributed by atoms with Crippen LogP contribution in [0.2, 0.25) is 0 Å². The molecule has 0 aliphatic carbocycles. The number of aryl methyl sites for hydroxylation is 1. The Balaban J connectivity index is 1.55. The second-order valence-electron chi connectivity index (χ2n) is 7.12. The van der Waals surface area contributed by atoms with E-state index in [1.54, 1.807) is 18.0 Å². The lowest BCUT2D eigenvalue weighted by atomic mass is 10.1. The number of benzene rings is 3. The summed E-state index contributed by atoms with van der Waals surface area (Å²) in [4.78, 5) is 4.49. The number of hydrogen-bond donors (Lipinski definition) is 0. The molecule has 0 aliphatic heterocycles. The number of rotatable bonds is 5. The first kappa shape index (κ1) is 18.6. The third-order valence-electron chi connectivity index (χ3n) is 5.06. The Bertz CT molecular complexity index is 1290. The summed E-state index contributed by atoms with van der Waals surface area (Å²) in [6, 6.07) is 29.2. The molecule has 2 heterocycles. The fourth-order valence-electron chi connectivity index (χ4n) is 3.51. The van der Waals surface area contributed by atoms with Crippen LogP contribution in [0, 0.1) is 6.92 Å². The molecule has 0 unspecified atom stereocenters. The van der Waals surface area contributed by atoms with Crippen molar-refractivity contribution >= 4 is 22.5 Å². The fraction of sp³-hybridized carbons (Fsp3) is 0.0800. The van der Waals surface area contributed by atoms with Crippen LogP contribution in [0.1, 0.15) is 11.1 Å². The standard InChI is InChI=1S/C25H20N4S/c1-18-12-14-21(15-13-18)29-24(23-11-4-5-16-26-23)27-28-25(29)30-17-20-9-6-8-19-7-2-3-10-22(19)20/h2-16H,17H2,1H3. The lowest BCUT2D eigenvalue weighted by Gasteiger charge is -2.11. The minimum Gasteiger partial charge on any atom is -0.269 e. The molecule has 5 aromatic rings. The fourth-order valence-corrected chi connectivity index (χ4v) is 4.47. The van der Waals surface area contributed by atoms with Crippen LogP contribution in [0.5, 0.6) is 0 Å². The molecule has 0 atom stereocenters. The highest BCUT2D eigenvalue weighted by atomic mass is 32.2. The Morgan fingerprint density at radius 3 is 2.43 bits per heavy atom. The molecule has 0 saturated heterocycles. The van der Waals surface area contributed by atoms with Crippen LogP contribution in [-0.4, -0.2) is 19.7 Å². The van der Waals surface area contributed by atoms with Crippen LogP contribution in [0.25, 0.3) is 28.0 Å². The SMILES string of the molecule is Cc1ccc(-n2c(SCc3cccc4ccccc34)nnc2-c2ccccn2)cc1. The zero-order chi connectivity index (χ0) is 20.3. The maximum atomic E-state index is 4.52. The van der Waals surface area contributed by atoms with E-state index in [4.69, 9.17) is 0 Å². The van der Waals surface area contributed by atoms with Gasteiger partial charge in [-0.25, -0.2) is 0 Å². The van der Waals surface area contributed by atoms with Gasteiger partial charge in [0.1, 0.15) is 5.69 Å². The first-order chi connectivity index (χ1) is 14.8. The quantitative estimate of drug-likeness (QED) is 0.330. The van der Waals surface area contributed by atoms with Gasteiger partial charge in [0.25, 0.3) is 0 Å². The third kappa shape index (κ3) is 3.60. The van der Waals surface area contributed by atoms with Crippen LogP contribution in [0.3, 0.4) is 0 Å². The largest absolute Gasteiger partial charge is 0.269 e. The van der Waals surface area contributed by atoms with Gasteiger partial charge in [-0.2, -0.15) is 0 Å². The highest BCUT2D eigenvalue weighted by molar-refractivity contribution is 7.98. The summed E-state index contributed by atoms with van der Waals surface area (Å²) in [5, 5.41) is 12.4. The molecule has 0 radical (unpaired) electrons. The molecular formula is C25H20N4S. The number of aromatic nitrogens is 4. The van der Waals surface area contributed by atoms with Gasteiger partial charge in [0.2, 0.25) is 0 Å². The van der Waals surface area contributed by atoms with Crippen molar-refractivity contribution in [2.45, 2.75) is 17.8 Å². The first-order valence-electron chi connectivity index (χ1n) is 9.83. The minimum atomic E-state index is 0.750. The summed E-state index contributed by atoms with van der Waals surface area (Å²) in [5.41, 5.74) is 4.35. The number of pyridine rings is 1. The molecule has 0 aliphatic rings. The average molecular weight is 409 g/mol. The van der Waals surface area contributed by atoms with Gasteiger partial charge >= 0.3 is 0 Å². The Morgan fingerprint density at radius 1 is 0.800 bits per heavy atom. The van der Waals surface area contributed by atoms with Crippen molar-refractivity contribution in [2.75, 3.05) is 0 Å². The molecule has 5 heteroatoms. The Morgan fingerprint density at radius 2 is 1.60 bits per heavy atom. The molecular weight excluding hydrogens is 388 g/mol. The average Bonchev–Trinajstić information content (AvgIpc) is 3.23. The van der Waals surface area contributed by atoms with E-state index in [1.807, 2.05) is 18.2 Å². The Hall–Kier alpha value is -3.44. The summed E-state index contributed by atoms with van der Waals surface area (Å²) in [7, 11) is 0. The molecule has 5 rings (SSSR count). The molecule has 3 aromatic carbocycles. The monoisotopic (exact) mass is 408 g/mol. The van der Waals surface area contributed by atoms with Crippen molar-refractivity contribution in [1.29, 1.82) is 0 Å². The van der Waals surface area contributed by atoms with Crippen LogP contribution < -0.4 is 0 Å². The van der Waals surface area contributed by atoms with Gasteiger partial charge in [0.05, 0.1) is 0 Å². The summed E-state index contributed by atoms with van der Waals surface area (Å²) in [5.74, 6) is 1.56. The zero-order valence-corrected chi connectivity index (χ0v) is 17.4. The van der Waals surface area contributed by atoms with E-state index in [1.165, 1.54) is 21.9 Å².